The van der Waals surface area contributed by atoms with Gasteiger partial charge in [0.2, 0.25) is 0 Å². The fraction of sp³-hybridized carbons (Fsp3) is 0.733. The number of hydrogen-bond donors (Lipinski definition) is 1. The number of anilines is 1. The number of aryl methyl sites for hydroxylation is 1. The predicted molar refractivity (Wildman–Crippen MR) is 77.4 cm³/mol. The summed E-state index contributed by atoms with van der Waals surface area (Å²) in [6.45, 7) is 6.56. The lowest BCUT2D eigenvalue weighted by atomic mass is 9.96. The van der Waals surface area contributed by atoms with E-state index in [0.29, 0.717) is 6.61 Å². The Kier molecular flexibility index (Phi) is 5.58. The molecular formula is C15H25N3O. The molecule has 0 saturated carbocycles. The first kappa shape index (κ1) is 14.3. The highest BCUT2D eigenvalue weighted by molar-refractivity contribution is 5.47. The molecule has 0 bridgehead atoms. The molecule has 0 spiro atoms. The van der Waals surface area contributed by atoms with Crippen molar-refractivity contribution in [2.75, 3.05) is 18.5 Å². The molecule has 0 aliphatic heterocycles. The van der Waals surface area contributed by atoms with E-state index in [-0.39, 0.29) is 0 Å². The third-order valence-corrected chi connectivity index (χ3v) is 3.35. The molecule has 1 heterocycles. The van der Waals surface area contributed by atoms with Crippen LogP contribution in [0.3, 0.4) is 0 Å². The van der Waals surface area contributed by atoms with Gasteiger partial charge in [0, 0.05) is 24.4 Å². The zero-order valence-electron chi connectivity index (χ0n) is 12.2. The Bertz CT molecular complexity index is 407. The average molecular weight is 263 g/mol. The maximum atomic E-state index is 5.57. The van der Waals surface area contributed by atoms with Crippen molar-refractivity contribution in [2.45, 2.75) is 59.0 Å². The molecule has 0 fully saturated rings. The number of nitrogens with one attached hydrogen (secondary N) is 1. The molecule has 4 heteroatoms. The molecule has 4 nitrogen and oxygen atoms in total. The van der Waals surface area contributed by atoms with Crippen LogP contribution >= 0.6 is 0 Å². The van der Waals surface area contributed by atoms with E-state index in [2.05, 4.69) is 29.1 Å². The van der Waals surface area contributed by atoms with E-state index in [1.54, 1.807) is 0 Å². The van der Waals surface area contributed by atoms with Crippen LogP contribution in [0.1, 0.15) is 56.6 Å². The summed E-state index contributed by atoms with van der Waals surface area (Å²) in [5.74, 6) is 1.87. The van der Waals surface area contributed by atoms with Crippen molar-refractivity contribution >= 4 is 5.82 Å². The number of aromatic nitrogens is 2. The van der Waals surface area contributed by atoms with Gasteiger partial charge in [0.1, 0.15) is 12.4 Å². The van der Waals surface area contributed by atoms with E-state index in [1.165, 1.54) is 24.1 Å². The third kappa shape index (κ3) is 3.90. The summed E-state index contributed by atoms with van der Waals surface area (Å²) in [4.78, 5) is 9.33. The van der Waals surface area contributed by atoms with Gasteiger partial charge in [-0.1, -0.05) is 13.8 Å². The molecule has 19 heavy (non-hydrogen) atoms. The van der Waals surface area contributed by atoms with Crippen LogP contribution in [0.2, 0.25) is 0 Å². The fourth-order valence-corrected chi connectivity index (χ4v) is 2.41. The van der Waals surface area contributed by atoms with E-state index >= 15 is 0 Å². The summed E-state index contributed by atoms with van der Waals surface area (Å²) in [5.41, 5.74) is 2.56. The van der Waals surface area contributed by atoms with Gasteiger partial charge < -0.3 is 10.1 Å². The largest absolute Gasteiger partial charge is 0.373 e. The first-order valence-electron chi connectivity index (χ1n) is 7.55. The highest BCUT2D eigenvalue weighted by atomic mass is 16.5. The van der Waals surface area contributed by atoms with Crippen LogP contribution < -0.4 is 5.32 Å². The summed E-state index contributed by atoms with van der Waals surface area (Å²) in [6.07, 6.45) is 6.83. The van der Waals surface area contributed by atoms with Crippen molar-refractivity contribution in [3.05, 3.63) is 17.1 Å². The Balaban J connectivity index is 2.15. The Morgan fingerprint density at radius 2 is 1.95 bits per heavy atom. The molecule has 2 rings (SSSR count). The molecule has 0 radical (unpaired) electrons. The van der Waals surface area contributed by atoms with Gasteiger partial charge in [-0.2, -0.15) is 0 Å². The van der Waals surface area contributed by atoms with Crippen molar-refractivity contribution in [3.8, 4) is 0 Å². The lowest BCUT2D eigenvalue weighted by molar-refractivity contribution is 0.116. The van der Waals surface area contributed by atoms with E-state index < -0.39 is 0 Å². The van der Waals surface area contributed by atoms with Gasteiger partial charge in [0.05, 0.1) is 0 Å². The maximum Gasteiger partial charge on any atom is 0.156 e. The molecule has 1 aliphatic carbocycles. The molecule has 1 aromatic heterocycles. The zero-order chi connectivity index (χ0) is 13.5. The van der Waals surface area contributed by atoms with Gasteiger partial charge in [0.25, 0.3) is 0 Å². The summed E-state index contributed by atoms with van der Waals surface area (Å²) < 4.78 is 5.57. The SMILES string of the molecule is CCCNc1nc(COCCC)nc2c1CCCC2. The molecule has 1 N–H and O–H groups in total. The van der Waals surface area contributed by atoms with Gasteiger partial charge in [-0.25, -0.2) is 9.97 Å². The minimum atomic E-state index is 0.530. The lowest BCUT2D eigenvalue weighted by Crippen LogP contribution is -2.15. The van der Waals surface area contributed by atoms with Crippen molar-refractivity contribution in [3.63, 3.8) is 0 Å². The van der Waals surface area contributed by atoms with Gasteiger partial charge in [-0.15, -0.1) is 0 Å². The van der Waals surface area contributed by atoms with E-state index in [1.807, 2.05) is 0 Å². The maximum absolute atomic E-state index is 5.57. The van der Waals surface area contributed by atoms with Gasteiger partial charge in [-0.3, -0.25) is 0 Å². The molecule has 1 aliphatic rings. The minimum absolute atomic E-state index is 0.530. The van der Waals surface area contributed by atoms with Crippen molar-refractivity contribution in [1.29, 1.82) is 0 Å². The zero-order valence-corrected chi connectivity index (χ0v) is 12.2. The number of fused-ring (bicyclic) bond motifs is 1. The summed E-state index contributed by atoms with van der Waals surface area (Å²) >= 11 is 0. The van der Waals surface area contributed by atoms with Crippen LogP contribution in [0.4, 0.5) is 5.82 Å². The van der Waals surface area contributed by atoms with E-state index in [0.717, 1.165) is 50.5 Å². The van der Waals surface area contributed by atoms with Crippen molar-refractivity contribution in [2.24, 2.45) is 0 Å². The lowest BCUT2D eigenvalue weighted by Gasteiger charge is -2.19. The highest BCUT2D eigenvalue weighted by Gasteiger charge is 2.17. The number of rotatable bonds is 7. The molecule has 1 aromatic rings. The molecule has 106 valence electrons. The fourth-order valence-electron chi connectivity index (χ4n) is 2.41. The Labute approximate surface area is 116 Å². The third-order valence-electron chi connectivity index (χ3n) is 3.35. The first-order chi connectivity index (χ1) is 9.35. The second-order valence-electron chi connectivity index (χ2n) is 5.10. The molecule has 0 atom stereocenters. The van der Waals surface area contributed by atoms with Crippen LogP contribution in [-0.2, 0) is 24.2 Å². The second kappa shape index (κ2) is 7.43. The Hall–Kier alpha value is -1.16. The normalized spacial score (nSPS) is 14.2. The van der Waals surface area contributed by atoms with Gasteiger partial charge in [-0.05, 0) is 38.5 Å². The quantitative estimate of drug-likeness (QED) is 0.768. The minimum Gasteiger partial charge on any atom is -0.373 e. The summed E-state index contributed by atoms with van der Waals surface area (Å²) in [6, 6.07) is 0. The van der Waals surface area contributed by atoms with E-state index in [9.17, 15) is 0 Å². The molecule has 0 amide bonds. The standard InChI is InChI=1S/C15H25N3O/c1-3-9-16-15-12-7-5-6-8-13(12)17-14(18-15)11-19-10-4-2/h3-11H2,1-2H3,(H,16,17,18). The smallest absolute Gasteiger partial charge is 0.156 e. The number of nitrogens with zero attached hydrogens (tertiary/aromatic N) is 2. The Morgan fingerprint density at radius 1 is 1.11 bits per heavy atom. The second-order valence-corrected chi connectivity index (χ2v) is 5.10. The molecule has 0 aromatic carbocycles. The molecular weight excluding hydrogens is 238 g/mol. The van der Waals surface area contributed by atoms with Crippen LogP contribution in [-0.4, -0.2) is 23.1 Å². The van der Waals surface area contributed by atoms with Gasteiger partial charge in [0.15, 0.2) is 5.82 Å². The Morgan fingerprint density at radius 3 is 2.74 bits per heavy atom. The van der Waals surface area contributed by atoms with Crippen LogP contribution in [0, 0.1) is 0 Å². The monoisotopic (exact) mass is 263 g/mol. The van der Waals surface area contributed by atoms with Crippen molar-refractivity contribution < 1.29 is 4.74 Å². The molecule has 0 unspecified atom stereocenters. The summed E-state index contributed by atoms with van der Waals surface area (Å²) in [7, 11) is 0. The topological polar surface area (TPSA) is 47.0 Å². The first-order valence-corrected chi connectivity index (χ1v) is 7.55. The van der Waals surface area contributed by atoms with Crippen molar-refractivity contribution in [1.82, 2.24) is 9.97 Å². The number of ether oxygens (including phenoxy) is 1. The predicted octanol–water partition coefficient (Wildman–Crippen LogP) is 3.10. The average Bonchev–Trinajstić information content (AvgIpc) is 2.45. The molecule has 0 saturated heterocycles. The van der Waals surface area contributed by atoms with E-state index in [4.69, 9.17) is 4.74 Å². The van der Waals surface area contributed by atoms with Crippen LogP contribution in [0.15, 0.2) is 0 Å². The summed E-state index contributed by atoms with van der Waals surface area (Å²) in [5, 5.41) is 3.45. The van der Waals surface area contributed by atoms with Crippen LogP contribution in [0.25, 0.3) is 0 Å². The highest BCUT2D eigenvalue weighted by Crippen LogP contribution is 2.25. The number of hydrogen-bond acceptors (Lipinski definition) is 4. The van der Waals surface area contributed by atoms with Crippen LogP contribution in [0.5, 0.6) is 0 Å². The van der Waals surface area contributed by atoms with Gasteiger partial charge >= 0.3 is 0 Å².